The minimum Gasteiger partial charge on any atom is -0.325 e. The molecule has 0 bridgehead atoms. The van der Waals surface area contributed by atoms with Gasteiger partial charge in [-0.15, -0.1) is 0 Å². The molecule has 132 valence electrons. The van der Waals surface area contributed by atoms with Crippen LogP contribution in [0.15, 0.2) is 66.1 Å². The van der Waals surface area contributed by atoms with Crippen LogP contribution in [0.1, 0.15) is 31.8 Å². The summed E-state index contributed by atoms with van der Waals surface area (Å²) in [7, 11) is 0. The molecule has 1 aromatic heterocycles. The quantitative estimate of drug-likeness (QED) is 0.436. The van der Waals surface area contributed by atoms with Crippen molar-refractivity contribution in [2.75, 3.05) is 11.1 Å². The lowest BCUT2D eigenvalue weighted by Gasteiger charge is -2.18. The number of rotatable bonds is 4. The SMILES string of the molecule is O=C(CSc1ncccn1)Nc1ccc2c(c1)C(=O)c1ccccc1C2=O. The molecule has 0 radical (unpaired) electrons. The number of nitrogens with zero attached hydrogens (tertiary/aromatic N) is 2. The van der Waals surface area contributed by atoms with Crippen molar-refractivity contribution < 1.29 is 14.4 Å². The number of hydrogen-bond acceptors (Lipinski definition) is 6. The first kappa shape index (κ1) is 17.1. The highest BCUT2D eigenvalue weighted by Crippen LogP contribution is 2.29. The summed E-state index contributed by atoms with van der Waals surface area (Å²) in [5.74, 6) is -0.516. The highest BCUT2D eigenvalue weighted by molar-refractivity contribution is 7.99. The monoisotopic (exact) mass is 375 g/mol. The Morgan fingerprint density at radius 2 is 1.48 bits per heavy atom. The molecule has 6 nitrogen and oxygen atoms in total. The molecule has 1 heterocycles. The summed E-state index contributed by atoms with van der Waals surface area (Å²) < 4.78 is 0. The molecule has 3 aromatic rings. The summed E-state index contributed by atoms with van der Waals surface area (Å²) in [5.41, 5.74) is 1.91. The minimum absolute atomic E-state index is 0.136. The number of anilines is 1. The number of amides is 1. The van der Waals surface area contributed by atoms with Gasteiger partial charge in [0, 0.05) is 40.3 Å². The van der Waals surface area contributed by atoms with E-state index in [9.17, 15) is 14.4 Å². The standard InChI is InChI=1S/C20H13N3O3S/c24-17(11-27-20-21-8-3-9-22-20)23-12-6-7-15-16(10-12)19(26)14-5-2-1-4-13(14)18(15)25/h1-10H,11H2,(H,23,24). The second-order valence-corrected chi connectivity index (χ2v) is 6.77. The number of ketones is 2. The third kappa shape index (κ3) is 3.37. The maximum absolute atomic E-state index is 12.7. The van der Waals surface area contributed by atoms with E-state index in [2.05, 4.69) is 15.3 Å². The first-order chi connectivity index (χ1) is 13.1. The summed E-state index contributed by atoms with van der Waals surface area (Å²) in [6.07, 6.45) is 3.22. The van der Waals surface area contributed by atoms with Gasteiger partial charge in [-0.05, 0) is 24.3 Å². The van der Waals surface area contributed by atoms with Crippen LogP contribution in [0.25, 0.3) is 0 Å². The Balaban J connectivity index is 1.52. The first-order valence-corrected chi connectivity index (χ1v) is 9.14. The fraction of sp³-hybridized carbons (Fsp3) is 0.0500. The Bertz CT molecular complexity index is 1070. The molecule has 0 atom stereocenters. The minimum atomic E-state index is -0.248. The van der Waals surface area contributed by atoms with E-state index in [0.29, 0.717) is 33.1 Å². The van der Waals surface area contributed by atoms with E-state index < -0.39 is 0 Å². The third-order valence-corrected chi connectivity index (χ3v) is 4.96. The van der Waals surface area contributed by atoms with Crippen molar-refractivity contribution in [1.82, 2.24) is 9.97 Å². The third-order valence-electron chi connectivity index (χ3n) is 4.08. The maximum Gasteiger partial charge on any atom is 0.234 e. The van der Waals surface area contributed by atoms with E-state index in [1.807, 2.05) is 0 Å². The number of carbonyl (C=O) groups excluding carboxylic acids is 3. The van der Waals surface area contributed by atoms with Crippen molar-refractivity contribution in [2.45, 2.75) is 5.16 Å². The number of aromatic nitrogens is 2. The van der Waals surface area contributed by atoms with Crippen LogP contribution in [0.5, 0.6) is 0 Å². The smallest absolute Gasteiger partial charge is 0.234 e. The Labute approximate surface area is 159 Å². The summed E-state index contributed by atoms with van der Waals surface area (Å²) in [5, 5.41) is 3.25. The molecule has 0 fully saturated rings. The van der Waals surface area contributed by atoms with Crippen molar-refractivity contribution in [1.29, 1.82) is 0 Å². The van der Waals surface area contributed by atoms with Crippen LogP contribution in [-0.2, 0) is 4.79 Å². The zero-order valence-corrected chi connectivity index (χ0v) is 14.8. The van der Waals surface area contributed by atoms with Gasteiger partial charge >= 0.3 is 0 Å². The molecule has 4 rings (SSSR count). The van der Waals surface area contributed by atoms with Crippen LogP contribution in [0.2, 0.25) is 0 Å². The number of carbonyl (C=O) groups is 3. The largest absolute Gasteiger partial charge is 0.325 e. The molecule has 0 unspecified atom stereocenters. The molecule has 0 saturated carbocycles. The van der Waals surface area contributed by atoms with Gasteiger partial charge in [-0.3, -0.25) is 14.4 Å². The van der Waals surface area contributed by atoms with Crippen LogP contribution in [0, 0.1) is 0 Å². The van der Waals surface area contributed by atoms with E-state index in [4.69, 9.17) is 0 Å². The van der Waals surface area contributed by atoms with Gasteiger partial charge in [0.2, 0.25) is 5.91 Å². The normalized spacial score (nSPS) is 12.3. The summed E-state index contributed by atoms with van der Waals surface area (Å²) in [6.45, 7) is 0. The Morgan fingerprint density at radius 1 is 0.852 bits per heavy atom. The van der Waals surface area contributed by atoms with Gasteiger partial charge in [-0.2, -0.15) is 0 Å². The average molecular weight is 375 g/mol. The molecule has 1 N–H and O–H groups in total. The van der Waals surface area contributed by atoms with E-state index >= 15 is 0 Å². The highest BCUT2D eigenvalue weighted by Gasteiger charge is 2.29. The van der Waals surface area contributed by atoms with Crippen LogP contribution in [-0.4, -0.2) is 33.2 Å². The van der Waals surface area contributed by atoms with Crippen molar-refractivity contribution in [3.05, 3.63) is 83.2 Å². The molecular formula is C20H13N3O3S. The van der Waals surface area contributed by atoms with Crippen molar-refractivity contribution in [3.63, 3.8) is 0 Å². The number of fused-ring (bicyclic) bond motifs is 2. The summed E-state index contributed by atoms with van der Waals surface area (Å²) in [4.78, 5) is 45.6. The van der Waals surface area contributed by atoms with Crippen LogP contribution >= 0.6 is 11.8 Å². The van der Waals surface area contributed by atoms with Gasteiger partial charge in [-0.25, -0.2) is 9.97 Å². The summed E-state index contributed by atoms with van der Waals surface area (Å²) >= 11 is 1.21. The molecule has 1 aliphatic carbocycles. The lowest BCUT2D eigenvalue weighted by molar-refractivity contribution is -0.113. The van der Waals surface area contributed by atoms with Gasteiger partial charge in [0.15, 0.2) is 16.7 Å². The molecule has 2 aromatic carbocycles. The molecular weight excluding hydrogens is 362 g/mol. The Morgan fingerprint density at radius 3 is 2.19 bits per heavy atom. The topological polar surface area (TPSA) is 89.0 Å². The second kappa shape index (κ2) is 7.13. The zero-order chi connectivity index (χ0) is 18.8. The number of thioether (sulfide) groups is 1. The molecule has 0 spiro atoms. The lowest BCUT2D eigenvalue weighted by Crippen LogP contribution is -2.21. The molecule has 1 aliphatic rings. The average Bonchev–Trinajstić information content (AvgIpc) is 2.71. The van der Waals surface area contributed by atoms with Crippen LogP contribution < -0.4 is 5.32 Å². The van der Waals surface area contributed by atoms with Crippen molar-refractivity contribution in [3.8, 4) is 0 Å². The van der Waals surface area contributed by atoms with Gasteiger partial charge < -0.3 is 5.32 Å². The first-order valence-electron chi connectivity index (χ1n) is 8.15. The number of benzene rings is 2. The maximum atomic E-state index is 12.7. The lowest BCUT2D eigenvalue weighted by atomic mass is 9.84. The highest BCUT2D eigenvalue weighted by atomic mass is 32.2. The van der Waals surface area contributed by atoms with Gasteiger partial charge in [0.25, 0.3) is 0 Å². The second-order valence-electron chi connectivity index (χ2n) is 5.83. The molecule has 7 heteroatoms. The number of nitrogens with one attached hydrogen (secondary N) is 1. The van der Waals surface area contributed by atoms with Gasteiger partial charge in [0.05, 0.1) is 5.75 Å². The van der Waals surface area contributed by atoms with E-state index in [0.717, 1.165) is 0 Å². The van der Waals surface area contributed by atoms with Gasteiger partial charge in [-0.1, -0.05) is 36.0 Å². The van der Waals surface area contributed by atoms with Crippen LogP contribution in [0.3, 0.4) is 0 Å². The fourth-order valence-electron chi connectivity index (χ4n) is 2.86. The van der Waals surface area contributed by atoms with Crippen molar-refractivity contribution >= 4 is 34.9 Å². The predicted octanol–water partition coefficient (Wildman–Crippen LogP) is 2.98. The predicted molar refractivity (Wildman–Crippen MR) is 101 cm³/mol. The van der Waals surface area contributed by atoms with Crippen LogP contribution in [0.4, 0.5) is 5.69 Å². The fourth-order valence-corrected chi connectivity index (χ4v) is 3.47. The van der Waals surface area contributed by atoms with Gasteiger partial charge in [0.1, 0.15) is 0 Å². The summed E-state index contributed by atoms with van der Waals surface area (Å²) in [6, 6.07) is 13.2. The van der Waals surface area contributed by atoms with E-state index in [-0.39, 0.29) is 23.2 Å². The Hall–Kier alpha value is -3.32. The van der Waals surface area contributed by atoms with Crippen molar-refractivity contribution in [2.24, 2.45) is 0 Å². The molecule has 27 heavy (non-hydrogen) atoms. The molecule has 0 saturated heterocycles. The number of hydrogen-bond donors (Lipinski definition) is 1. The van der Waals surface area contributed by atoms with E-state index in [1.165, 1.54) is 11.8 Å². The Kier molecular flexibility index (Phi) is 4.52. The zero-order valence-electron chi connectivity index (χ0n) is 14.0. The molecule has 0 aliphatic heterocycles. The molecule has 1 amide bonds. The van der Waals surface area contributed by atoms with E-state index in [1.54, 1.807) is 60.9 Å².